The average Bonchev–Trinajstić information content (AvgIpc) is 2.67. The van der Waals surface area contributed by atoms with Gasteiger partial charge in [-0.1, -0.05) is 16.8 Å². The number of hydrogen-bond donors (Lipinski definition) is 0. The van der Waals surface area contributed by atoms with E-state index in [1.807, 2.05) is 0 Å². The maximum absolute atomic E-state index is 12.8. The number of nitrogens with zero attached hydrogens (tertiary/aromatic N) is 3. The van der Waals surface area contributed by atoms with E-state index in [1.54, 1.807) is 12.3 Å². The van der Waals surface area contributed by atoms with Crippen molar-refractivity contribution in [2.75, 3.05) is 5.88 Å². The van der Waals surface area contributed by atoms with Gasteiger partial charge in [0, 0.05) is 12.3 Å². The monoisotopic (exact) mass is 259 g/mol. The minimum atomic E-state index is -0.380. The van der Waals surface area contributed by atoms with Crippen molar-refractivity contribution in [2.45, 2.75) is 6.42 Å². The third kappa shape index (κ3) is 2.33. The lowest BCUT2D eigenvalue weighted by atomic mass is 10.3. The van der Waals surface area contributed by atoms with Crippen LogP contribution < -0.4 is 0 Å². The Morgan fingerprint density at radius 2 is 2.19 bits per heavy atom. The fourth-order valence-corrected chi connectivity index (χ4v) is 1.74. The SMILES string of the molecule is Fc1ccc(-n2cc(CCCl)nn2)c(Cl)c1. The molecule has 0 spiro atoms. The lowest BCUT2D eigenvalue weighted by Crippen LogP contribution is -1.96. The molecule has 0 aliphatic rings. The van der Waals surface area contributed by atoms with Crippen LogP contribution in [-0.2, 0) is 6.42 Å². The number of rotatable bonds is 3. The molecular formula is C10H8Cl2FN3. The van der Waals surface area contributed by atoms with Crippen molar-refractivity contribution in [1.82, 2.24) is 15.0 Å². The van der Waals surface area contributed by atoms with Gasteiger partial charge in [0.05, 0.1) is 22.6 Å². The van der Waals surface area contributed by atoms with Gasteiger partial charge in [0.1, 0.15) is 5.82 Å². The Bertz CT molecular complexity index is 499. The van der Waals surface area contributed by atoms with Gasteiger partial charge in [0.15, 0.2) is 0 Å². The zero-order chi connectivity index (χ0) is 11.5. The quantitative estimate of drug-likeness (QED) is 0.794. The molecule has 0 saturated carbocycles. The molecular weight excluding hydrogens is 252 g/mol. The van der Waals surface area contributed by atoms with E-state index in [0.29, 0.717) is 23.0 Å². The van der Waals surface area contributed by atoms with Crippen LogP contribution in [0.1, 0.15) is 5.69 Å². The number of aryl methyl sites for hydroxylation is 1. The van der Waals surface area contributed by atoms with Gasteiger partial charge in [-0.15, -0.1) is 16.7 Å². The van der Waals surface area contributed by atoms with Crippen molar-refractivity contribution in [1.29, 1.82) is 0 Å². The van der Waals surface area contributed by atoms with Crippen LogP contribution in [0.15, 0.2) is 24.4 Å². The van der Waals surface area contributed by atoms with Crippen molar-refractivity contribution < 1.29 is 4.39 Å². The fraction of sp³-hybridized carbons (Fsp3) is 0.200. The predicted molar refractivity (Wildman–Crippen MR) is 60.8 cm³/mol. The second-order valence-electron chi connectivity index (χ2n) is 3.19. The third-order valence-corrected chi connectivity index (χ3v) is 2.54. The summed E-state index contributed by atoms with van der Waals surface area (Å²) in [7, 11) is 0. The topological polar surface area (TPSA) is 30.7 Å². The largest absolute Gasteiger partial charge is 0.219 e. The van der Waals surface area contributed by atoms with Gasteiger partial charge in [-0.25, -0.2) is 9.07 Å². The molecule has 2 rings (SSSR count). The average molecular weight is 260 g/mol. The molecule has 6 heteroatoms. The second kappa shape index (κ2) is 4.80. The first kappa shape index (κ1) is 11.4. The number of hydrogen-bond acceptors (Lipinski definition) is 2. The molecule has 0 bridgehead atoms. The molecule has 1 aromatic carbocycles. The summed E-state index contributed by atoms with van der Waals surface area (Å²) in [5.41, 5.74) is 1.37. The molecule has 0 unspecified atom stereocenters. The van der Waals surface area contributed by atoms with E-state index in [1.165, 1.54) is 16.8 Å². The highest BCUT2D eigenvalue weighted by molar-refractivity contribution is 6.32. The Labute approximate surface area is 102 Å². The van der Waals surface area contributed by atoms with E-state index in [9.17, 15) is 4.39 Å². The molecule has 16 heavy (non-hydrogen) atoms. The number of alkyl halides is 1. The van der Waals surface area contributed by atoms with Crippen LogP contribution in [-0.4, -0.2) is 20.9 Å². The number of benzene rings is 1. The van der Waals surface area contributed by atoms with Crippen LogP contribution in [0.4, 0.5) is 4.39 Å². The Balaban J connectivity index is 2.35. The van der Waals surface area contributed by atoms with E-state index in [4.69, 9.17) is 23.2 Å². The van der Waals surface area contributed by atoms with Crippen LogP contribution in [0.3, 0.4) is 0 Å². The summed E-state index contributed by atoms with van der Waals surface area (Å²) in [5.74, 6) is 0.102. The van der Waals surface area contributed by atoms with Crippen molar-refractivity contribution in [3.63, 3.8) is 0 Å². The van der Waals surface area contributed by atoms with Gasteiger partial charge in [0.2, 0.25) is 0 Å². The third-order valence-electron chi connectivity index (χ3n) is 2.05. The summed E-state index contributed by atoms with van der Waals surface area (Å²) in [6.07, 6.45) is 2.36. The van der Waals surface area contributed by atoms with E-state index < -0.39 is 0 Å². The summed E-state index contributed by atoms with van der Waals surface area (Å²) >= 11 is 11.5. The normalized spacial score (nSPS) is 10.7. The minimum absolute atomic E-state index is 0.294. The molecule has 0 N–H and O–H groups in total. The second-order valence-corrected chi connectivity index (χ2v) is 3.97. The summed E-state index contributed by atoms with van der Waals surface area (Å²) in [4.78, 5) is 0. The molecule has 0 aliphatic heterocycles. The Kier molecular flexibility index (Phi) is 3.41. The first-order valence-electron chi connectivity index (χ1n) is 4.63. The first-order valence-corrected chi connectivity index (χ1v) is 5.54. The van der Waals surface area contributed by atoms with E-state index in [-0.39, 0.29) is 5.82 Å². The van der Waals surface area contributed by atoms with E-state index >= 15 is 0 Å². The van der Waals surface area contributed by atoms with Crippen LogP contribution in [0, 0.1) is 5.82 Å². The summed E-state index contributed by atoms with van der Waals surface area (Å²) in [6.45, 7) is 0. The fourth-order valence-electron chi connectivity index (χ4n) is 1.29. The summed E-state index contributed by atoms with van der Waals surface area (Å²) in [5, 5.41) is 8.11. The number of aromatic nitrogens is 3. The molecule has 0 amide bonds. The molecule has 0 fully saturated rings. The van der Waals surface area contributed by atoms with Crippen LogP contribution in [0.25, 0.3) is 5.69 Å². The highest BCUT2D eigenvalue weighted by atomic mass is 35.5. The van der Waals surface area contributed by atoms with Gasteiger partial charge in [-0.3, -0.25) is 0 Å². The maximum atomic E-state index is 12.8. The zero-order valence-corrected chi connectivity index (χ0v) is 9.71. The van der Waals surface area contributed by atoms with Crippen molar-refractivity contribution in [2.24, 2.45) is 0 Å². The zero-order valence-electron chi connectivity index (χ0n) is 8.20. The molecule has 0 atom stereocenters. The molecule has 0 aliphatic carbocycles. The highest BCUT2D eigenvalue weighted by Gasteiger charge is 2.07. The standard InChI is InChI=1S/C10H8Cl2FN3/c11-4-3-8-6-16(15-14-8)10-2-1-7(13)5-9(10)12/h1-2,5-6H,3-4H2. The molecule has 84 valence electrons. The highest BCUT2D eigenvalue weighted by Crippen LogP contribution is 2.20. The Morgan fingerprint density at radius 1 is 1.38 bits per heavy atom. The first-order chi connectivity index (χ1) is 7.70. The van der Waals surface area contributed by atoms with Gasteiger partial charge < -0.3 is 0 Å². The predicted octanol–water partition coefficient (Wildman–Crippen LogP) is 2.84. The summed E-state index contributed by atoms with van der Waals surface area (Å²) < 4.78 is 14.3. The minimum Gasteiger partial charge on any atom is -0.219 e. The maximum Gasteiger partial charge on any atom is 0.124 e. The Hall–Kier alpha value is -1.13. The van der Waals surface area contributed by atoms with Crippen molar-refractivity contribution in [3.05, 3.63) is 40.9 Å². The van der Waals surface area contributed by atoms with Gasteiger partial charge in [0.25, 0.3) is 0 Å². The molecule has 2 aromatic rings. The lowest BCUT2D eigenvalue weighted by molar-refractivity contribution is 0.627. The van der Waals surface area contributed by atoms with Crippen molar-refractivity contribution >= 4 is 23.2 Å². The lowest BCUT2D eigenvalue weighted by Gasteiger charge is -2.02. The molecule has 3 nitrogen and oxygen atoms in total. The smallest absolute Gasteiger partial charge is 0.124 e. The van der Waals surface area contributed by atoms with Crippen molar-refractivity contribution in [3.8, 4) is 5.69 Å². The molecule has 0 saturated heterocycles. The summed E-state index contributed by atoms with van der Waals surface area (Å²) in [6, 6.07) is 4.11. The number of halogens is 3. The molecule has 1 aromatic heterocycles. The van der Waals surface area contributed by atoms with Crippen LogP contribution in [0.2, 0.25) is 5.02 Å². The molecule has 0 radical (unpaired) electrons. The van der Waals surface area contributed by atoms with Gasteiger partial charge >= 0.3 is 0 Å². The molecule has 1 heterocycles. The van der Waals surface area contributed by atoms with Gasteiger partial charge in [-0.2, -0.15) is 0 Å². The van der Waals surface area contributed by atoms with Crippen LogP contribution in [0.5, 0.6) is 0 Å². The van der Waals surface area contributed by atoms with E-state index in [2.05, 4.69) is 10.3 Å². The van der Waals surface area contributed by atoms with Gasteiger partial charge in [-0.05, 0) is 18.2 Å². The van der Waals surface area contributed by atoms with Crippen LogP contribution >= 0.6 is 23.2 Å². The van der Waals surface area contributed by atoms with E-state index in [0.717, 1.165) is 5.69 Å². The Morgan fingerprint density at radius 3 is 2.88 bits per heavy atom.